The molecule has 1 heterocycles. The van der Waals surface area contributed by atoms with Gasteiger partial charge in [-0.3, -0.25) is 10.0 Å². The van der Waals surface area contributed by atoms with E-state index in [1.807, 2.05) is 11.3 Å². The van der Waals surface area contributed by atoms with Crippen molar-refractivity contribution in [2.75, 3.05) is 19.6 Å². The summed E-state index contributed by atoms with van der Waals surface area (Å²) in [6.07, 6.45) is -14.0. The monoisotopic (exact) mass is 601 g/mol. The van der Waals surface area contributed by atoms with Crippen LogP contribution in [-0.4, -0.2) is 84.8 Å². The zero-order chi connectivity index (χ0) is 30.3. The van der Waals surface area contributed by atoms with E-state index < -0.39 is 53.8 Å². The average Bonchev–Trinajstić information content (AvgIpc) is 3.19. The normalized spacial score (nSPS) is 17.2. The van der Waals surface area contributed by atoms with Crippen LogP contribution in [0.25, 0.3) is 0 Å². The summed E-state index contributed by atoms with van der Waals surface area (Å²) in [5.41, 5.74) is 3.13. The van der Waals surface area contributed by atoms with E-state index in [1.165, 1.54) is 0 Å². The van der Waals surface area contributed by atoms with E-state index in [4.69, 9.17) is 0 Å². The number of nitrogens with one attached hydrogen (secondary N) is 1. The van der Waals surface area contributed by atoms with Crippen LogP contribution in [0.1, 0.15) is 6.92 Å². The standard InChI is InChI=1S/C9F20.C5H11N3/c10-1(11,2(12,13)4(16,17)6(20,21)8(24,25)26)3(14,15)5(18,19)7(22,23)9(27,28)29;1-2-7-8-4-3-6-5-8/h;5,7H,2-4H2,1H3. The Morgan fingerprint density at radius 1 is 0.541 bits per heavy atom. The first-order valence-corrected chi connectivity index (χ1v) is 8.71. The minimum absolute atomic E-state index is 0.938. The first kappa shape index (κ1) is 35.0. The van der Waals surface area contributed by atoms with Gasteiger partial charge in [-0.2, -0.15) is 87.8 Å². The Kier molecular flexibility index (Phi) is 9.44. The molecule has 0 atom stereocenters. The molecule has 0 bridgehead atoms. The van der Waals surface area contributed by atoms with E-state index in [2.05, 4.69) is 17.3 Å². The van der Waals surface area contributed by atoms with Gasteiger partial charge in [-0.1, -0.05) is 6.92 Å². The molecule has 0 aromatic heterocycles. The topological polar surface area (TPSA) is 27.6 Å². The van der Waals surface area contributed by atoms with Crippen molar-refractivity contribution >= 4 is 6.34 Å². The van der Waals surface area contributed by atoms with Gasteiger partial charge in [0.1, 0.15) is 0 Å². The smallest absolute Gasteiger partial charge is 0.297 e. The number of alkyl halides is 20. The molecule has 1 aliphatic heterocycles. The minimum Gasteiger partial charge on any atom is -0.297 e. The third-order valence-corrected chi connectivity index (χ3v) is 4.13. The second kappa shape index (κ2) is 9.97. The fraction of sp³-hybridized carbons (Fsp3) is 0.929. The molecule has 0 amide bonds. The third kappa shape index (κ3) is 5.45. The van der Waals surface area contributed by atoms with Crippen LogP contribution >= 0.6 is 0 Å². The molecule has 0 aliphatic carbocycles. The van der Waals surface area contributed by atoms with E-state index in [0.29, 0.717) is 0 Å². The van der Waals surface area contributed by atoms with Gasteiger partial charge < -0.3 is 0 Å². The lowest BCUT2D eigenvalue weighted by atomic mass is 9.89. The van der Waals surface area contributed by atoms with Crippen LogP contribution in [-0.2, 0) is 0 Å². The van der Waals surface area contributed by atoms with Crippen molar-refractivity contribution in [1.29, 1.82) is 0 Å². The molecule has 0 spiro atoms. The summed E-state index contributed by atoms with van der Waals surface area (Å²) in [6, 6.07) is 0. The summed E-state index contributed by atoms with van der Waals surface area (Å²) in [7, 11) is 0. The van der Waals surface area contributed by atoms with Gasteiger partial charge in [-0.25, -0.2) is 5.43 Å². The predicted molar refractivity (Wildman–Crippen MR) is 80.5 cm³/mol. The molecule has 0 unspecified atom stereocenters. The van der Waals surface area contributed by atoms with Crippen molar-refractivity contribution < 1.29 is 87.8 Å². The van der Waals surface area contributed by atoms with Crippen molar-refractivity contribution in [1.82, 2.24) is 10.4 Å². The van der Waals surface area contributed by atoms with Crippen LogP contribution in [0.3, 0.4) is 0 Å². The molecule has 37 heavy (non-hydrogen) atoms. The number of aliphatic imine (C=N–C) groups is 1. The Labute approximate surface area is 191 Å². The highest BCUT2D eigenvalue weighted by Crippen LogP contribution is 2.65. The van der Waals surface area contributed by atoms with Crippen LogP contribution in [0.5, 0.6) is 0 Å². The van der Waals surface area contributed by atoms with E-state index in [0.717, 1.165) is 19.6 Å². The van der Waals surface area contributed by atoms with Crippen molar-refractivity contribution in [3.63, 3.8) is 0 Å². The zero-order valence-electron chi connectivity index (χ0n) is 17.2. The fourth-order valence-corrected chi connectivity index (χ4v) is 2.04. The predicted octanol–water partition coefficient (Wildman–Crippen LogP) is 6.41. The maximum absolute atomic E-state index is 12.9. The van der Waals surface area contributed by atoms with E-state index in [1.54, 1.807) is 0 Å². The second-order valence-electron chi connectivity index (χ2n) is 6.74. The fourth-order valence-electron chi connectivity index (χ4n) is 2.04. The van der Waals surface area contributed by atoms with Crippen molar-refractivity contribution in [3.05, 3.63) is 0 Å². The molecular weight excluding hydrogens is 590 g/mol. The van der Waals surface area contributed by atoms with Gasteiger partial charge in [0.2, 0.25) is 0 Å². The molecule has 0 saturated heterocycles. The maximum atomic E-state index is 12.9. The average molecular weight is 601 g/mol. The summed E-state index contributed by atoms with van der Waals surface area (Å²) in [5.74, 6) is -61.1. The number of hydrogen-bond donors (Lipinski definition) is 1. The summed E-state index contributed by atoms with van der Waals surface area (Å²) in [4.78, 5) is 4.02. The lowest BCUT2D eigenvalue weighted by molar-refractivity contribution is -0.474. The second-order valence-corrected chi connectivity index (χ2v) is 6.74. The van der Waals surface area contributed by atoms with Crippen molar-refractivity contribution in [2.24, 2.45) is 4.99 Å². The van der Waals surface area contributed by atoms with Gasteiger partial charge in [0.05, 0.1) is 19.4 Å². The molecule has 1 N–H and O–H groups in total. The Balaban J connectivity index is 0.00000136. The Bertz CT molecular complexity index is 743. The van der Waals surface area contributed by atoms with E-state index in [9.17, 15) is 87.8 Å². The summed E-state index contributed by atoms with van der Waals surface area (Å²) in [5, 5.41) is 2.00. The zero-order valence-corrected chi connectivity index (χ0v) is 17.2. The van der Waals surface area contributed by atoms with Crippen LogP contribution in [0.2, 0.25) is 0 Å². The van der Waals surface area contributed by atoms with Crippen molar-refractivity contribution in [2.45, 2.75) is 60.7 Å². The largest absolute Gasteiger partial charge is 0.460 e. The maximum Gasteiger partial charge on any atom is 0.460 e. The summed E-state index contributed by atoms with van der Waals surface area (Å²) < 4.78 is 248. The number of nitrogens with zero attached hydrogens (tertiary/aromatic N) is 2. The molecule has 0 saturated carbocycles. The highest BCUT2D eigenvalue weighted by Gasteiger charge is 2.97. The molecule has 3 nitrogen and oxygen atoms in total. The first-order valence-electron chi connectivity index (χ1n) is 8.71. The van der Waals surface area contributed by atoms with Gasteiger partial charge in [-0.15, -0.1) is 0 Å². The van der Waals surface area contributed by atoms with Gasteiger partial charge in [-0.05, 0) is 0 Å². The summed E-state index contributed by atoms with van der Waals surface area (Å²) in [6.45, 7) is 5.01. The molecule has 0 fully saturated rings. The third-order valence-electron chi connectivity index (χ3n) is 4.13. The van der Waals surface area contributed by atoms with Gasteiger partial charge in [0.25, 0.3) is 0 Å². The Morgan fingerprint density at radius 3 is 1.00 bits per heavy atom. The van der Waals surface area contributed by atoms with Crippen LogP contribution < -0.4 is 5.43 Å². The van der Waals surface area contributed by atoms with E-state index >= 15 is 0 Å². The van der Waals surface area contributed by atoms with Crippen LogP contribution in [0.15, 0.2) is 4.99 Å². The van der Waals surface area contributed by atoms with Gasteiger partial charge in [0, 0.05) is 6.54 Å². The number of hydrazine groups is 1. The molecule has 0 aromatic rings. The quantitative estimate of drug-likeness (QED) is 0.326. The number of halogens is 20. The lowest BCUT2D eigenvalue weighted by Gasteiger charge is -2.42. The van der Waals surface area contributed by atoms with Gasteiger partial charge >= 0.3 is 53.8 Å². The molecule has 1 rings (SSSR count). The van der Waals surface area contributed by atoms with Crippen LogP contribution in [0.4, 0.5) is 87.8 Å². The van der Waals surface area contributed by atoms with Crippen molar-refractivity contribution in [3.8, 4) is 0 Å². The Morgan fingerprint density at radius 2 is 0.811 bits per heavy atom. The van der Waals surface area contributed by atoms with Gasteiger partial charge in [0.15, 0.2) is 0 Å². The SMILES string of the molecule is CCNN1C=NCC1.FC(F)(F)C(F)(F)C(F)(F)C(F)(F)C(F)(F)C(F)(F)C(F)(F)C(F)(F)C(F)(F)F. The lowest BCUT2D eigenvalue weighted by Crippen LogP contribution is -2.75. The minimum atomic E-state index is -9.02. The highest BCUT2D eigenvalue weighted by atomic mass is 19.4. The summed E-state index contributed by atoms with van der Waals surface area (Å²) >= 11 is 0. The molecule has 0 aromatic carbocycles. The number of hydrogen-bond acceptors (Lipinski definition) is 3. The number of rotatable bonds is 8. The first-order chi connectivity index (χ1) is 15.9. The van der Waals surface area contributed by atoms with Crippen LogP contribution in [0, 0.1) is 0 Å². The highest BCUT2D eigenvalue weighted by molar-refractivity contribution is 5.56. The molecule has 1 aliphatic rings. The molecule has 222 valence electrons. The van der Waals surface area contributed by atoms with E-state index in [-0.39, 0.29) is 0 Å². The molecule has 23 heteroatoms. The Hall–Kier alpha value is -1.97. The molecule has 0 radical (unpaired) electrons. The molecular formula is C14H11F20N3.